The summed E-state index contributed by atoms with van der Waals surface area (Å²) in [6, 6.07) is 11.0. The standard InChI is InChI=1S/C24H19F2N3O3/c25-21-11-15(12-22(26)28-21)14-8-18-17-2-1-13(24(31)29-3-5-32-6-4-29)7-16(17)10-19(18)20(9-14)23(27)30/h1-2,7-9,11-12H,3-6,10H2,(H2,27,30). The summed E-state index contributed by atoms with van der Waals surface area (Å²) in [5.41, 5.74) is 10.4. The van der Waals surface area contributed by atoms with Crippen LogP contribution >= 0.6 is 0 Å². The van der Waals surface area contributed by atoms with Crippen LogP contribution in [0.15, 0.2) is 42.5 Å². The third-order valence-electron chi connectivity index (χ3n) is 5.92. The molecule has 6 nitrogen and oxygen atoms in total. The minimum atomic E-state index is -0.951. The number of hydrogen-bond donors (Lipinski definition) is 1. The number of amides is 2. The highest BCUT2D eigenvalue weighted by atomic mass is 19.1. The SMILES string of the molecule is NC(=O)c1cc(-c2cc(F)nc(F)c2)cc2c1Cc1cc(C(=O)N3CCOCC3)ccc1-2. The molecule has 8 heteroatoms. The van der Waals surface area contributed by atoms with Gasteiger partial charge in [0.2, 0.25) is 17.8 Å². The van der Waals surface area contributed by atoms with Crippen LogP contribution in [-0.4, -0.2) is 48.0 Å². The van der Waals surface area contributed by atoms with Crippen LogP contribution in [0.4, 0.5) is 8.78 Å². The Balaban J connectivity index is 1.57. The molecule has 0 bridgehead atoms. The van der Waals surface area contributed by atoms with E-state index >= 15 is 0 Å². The molecule has 2 heterocycles. The van der Waals surface area contributed by atoms with Gasteiger partial charge in [0, 0.05) is 36.3 Å². The van der Waals surface area contributed by atoms with E-state index in [0.717, 1.165) is 34.4 Å². The first-order chi connectivity index (χ1) is 15.4. The second kappa shape index (κ2) is 7.80. The van der Waals surface area contributed by atoms with Crippen molar-refractivity contribution in [3.05, 3.63) is 76.6 Å². The zero-order chi connectivity index (χ0) is 22.4. The van der Waals surface area contributed by atoms with Crippen molar-refractivity contribution in [1.82, 2.24) is 9.88 Å². The molecule has 1 saturated heterocycles. The normalized spacial score (nSPS) is 14.8. The van der Waals surface area contributed by atoms with E-state index in [1.165, 1.54) is 0 Å². The number of halogens is 2. The summed E-state index contributed by atoms with van der Waals surface area (Å²) < 4.78 is 32.7. The smallest absolute Gasteiger partial charge is 0.254 e. The van der Waals surface area contributed by atoms with Gasteiger partial charge in [-0.15, -0.1) is 0 Å². The van der Waals surface area contributed by atoms with Crippen molar-refractivity contribution in [3.8, 4) is 22.3 Å². The van der Waals surface area contributed by atoms with Crippen molar-refractivity contribution >= 4 is 11.8 Å². The van der Waals surface area contributed by atoms with Crippen molar-refractivity contribution in [2.75, 3.05) is 26.3 Å². The number of rotatable bonds is 3. The van der Waals surface area contributed by atoms with E-state index in [1.807, 2.05) is 12.1 Å². The topological polar surface area (TPSA) is 85.5 Å². The molecule has 0 spiro atoms. The average molecular weight is 435 g/mol. The van der Waals surface area contributed by atoms with Gasteiger partial charge < -0.3 is 15.4 Å². The van der Waals surface area contributed by atoms with Gasteiger partial charge in [0.15, 0.2) is 0 Å². The molecule has 0 atom stereocenters. The number of primary amides is 1. The first-order valence-corrected chi connectivity index (χ1v) is 10.2. The maximum Gasteiger partial charge on any atom is 0.254 e. The van der Waals surface area contributed by atoms with Gasteiger partial charge in [-0.25, -0.2) is 0 Å². The van der Waals surface area contributed by atoms with Crippen LogP contribution in [0.25, 0.3) is 22.3 Å². The summed E-state index contributed by atoms with van der Waals surface area (Å²) in [7, 11) is 0. The summed E-state index contributed by atoms with van der Waals surface area (Å²) in [5, 5.41) is 0. The molecular formula is C24H19F2N3O3. The number of aromatic nitrogens is 1. The van der Waals surface area contributed by atoms with Gasteiger partial charge >= 0.3 is 0 Å². The van der Waals surface area contributed by atoms with Crippen molar-refractivity contribution < 1.29 is 23.1 Å². The number of morpholine rings is 1. The van der Waals surface area contributed by atoms with Gasteiger partial charge in [0.05, 0.1) is 13.2 Å². The van der Waals surface area contributed by atoms with E-state index in [1.54, 1.807) is 23.1 Å². The number of carbonyl (C=O) groups is 2. The number of carbonyl (C=O) groups excluding carboxylic acids is 2. The predicted molar refractivity (Wildman–Crippen MR) is 113 cm³/mol. The van der Waals surface area contributed by atoms with Crippen molar-refractivity contribution in [2.24, 2.45) is 5.73 Å². The third kappa shape index (κ3) is 3.52. The van der Waals surface area contributed by atoms with Gasteiger partial charge in [0.1, 0.15) is 0 Å². The number of fused-ring (bicyclic) bond motifs is 3. The van der Waals surface area contributed by atoms with Crippen molar-refractivity contribution in [3.63, 3.8) is 0 Å². The van der Waals surface area contributed by atoms with Gasteiger partial charge in [-0.1, -0.05) is 6.07 Å². The molecule has 162 valence electrons. The Bertz CT molecular complexity index is 1250. The van der Waals surface area contributed by atoms with Gasteiger partial charge in [0.25, 0.3) is 5.91 Å². The molecule has 32 heavy (non-hydrogen) atoms. The molecule has 3 aromatic rings. The lowest BCUT2D eigenvalue weighted by atomic mass is 9.94. The van der Waals surface area contributed by atoms with Crippen LogP contribution in [0.5, 0.6) is 0 Å². The molecule has 1 fully saturated rings. The number of benzene rings is 2. The number of nitrogens with zero attached hydrogens (tertiary/aromatic N) is 2. The molecule has 0 radical (unpaired) electrons. The van der Waals surface area contributed by atoms with Crippen molar-refractivity contribution in [2.45, 2.75) is 6.42 Å². The zero-order valence-electron chi connectivity index (χ0n) is 17.0. The maximum atomic E-state index is 13.7. The monoisotopic (exact) mass is 435 g/mol. The number of pyridine rings is 1. The Morgan fingerprint density at radius 1 is 0.938 bits per heavy atom. The van der Waals surface area contributed by atoms with E-state index in [9.17, 15) is 18.4 Å². The van der Waals surface area contributed by atoms with E-state index in [-0.39, 0.29) is 17.0 Å². The summed E-state index contributed by atoms with van der Waals surface area (Å²) >= 11 is 0. The summed E-state index contributed by atoms with van der Waals surface area (Å²) in [4.78, 5) is 29.9. The molecule has 0 saturated carbocycles. The lowest BCUT2D eigenvalue weighted by molar-refractivity contribution is 0.0303. The molecule has 1 aliphatic carbocycles. The summed E-state index contributed by atoms with van der Waals surface area (Å²) in [6.07, 6.45) is 0.437. The first kappa shape index (κ1) is 20.3. The molecule has 5 rings (SSSR count). The van der Waals surface area contributed by atoms with Crippen LogP contribution < -0.4 is 5.73 Å². The quantitative estimate of drug-likeness (QED) is 0.501. The molecule has 1 aromatic heterocycles. The van der Waals surface area contributed by atoms with E-state index in [0.29, 0.717) is 43.9 Å². The molecule has 2 aliphatic rings. The second-order valence-electron chi connectivity index (χ2n) is 7.87. The van der Waals surface area contributed by atoms with Gasteiger partial charge in [-0.05, 0) is 64.1 Å². The number of hydrogen-bond acceptors (Lipinski definition) is 4. The van der Waals surface area contributed by atoms with Gasteiger partial charge in [-0.2, -0.15) is 13.8 Å². The minimum absolute atomic E-state index is 0.0643. The zero-order valence-corrected chi connectivity index (χ0v) is 17.0. The van der Waals surface area contributed by atoms with Crippen LogP contribution in [0.3, 0.4) is 0 Å². The Labute approximate surface area is 182 Å². The lowest BCUT2D eigenvalue weighted by Gasteiger charge is -2.27. The van der Waals surface area contributed by atoms with E-state index in [2.05, 4.69) is 4.98 Å². The Kier molecular flexibility index (Phi) is 4.94. The van der Waals surface area contributed by atoms with Crippen molar-refractivity contribution in [1.29, 1.82) is 0 Å². The molecule has 2 N–H and O–H groups in total. The second-order valence-corrected chi connectivity index (χ2v) is 7.87. The first-order valence-electron chi connectivity index (χ1n) is 10.2. The lowest BCUT2D eigenvalue weighted by Crippen LogP contribution is -2.40. The maximum absolute atomic E-state index is 13.7. The van der Waals surface area contributed by atoms with Crippen LogP contribution in [0, 0.1) is 11.9 Å². The Morgan fingerprint density at radius 3 is 2.31 bits per heavy atom. The van der Waals surface area contributed by atoms with E-state index < -0.39 is 17.8 Å². The fraction of sp³-hybridized carbons (Fsp3) is 0.208. The highest BCUT2D eigenvalue weighted by Gasteiger charge is 2.27. The van der Waals surface area contributed by atoms with E-state index in [4.69, 9.17) is 10.5 Å². The third-order valence-corrected chi connectivity index (χ3v) is 5.92. The highest BCUT2D eigenvalue weighted by Crippen LogP contribution is 2.41. The van der Waals surface area contributed by atoms with Crippen LogP contribution in [0.2, 0.25) is 0 Å². The largest absolute Gasteiger partial charge is 0.378 e. The molecule has 2 amide bonds. The van der Waals surface area contributed by atoms with Gasteiger partial charge in [-0.3, -0.25) is 9.59 Å². The van der Waals surface area contributed by atoms with Crippen LogP contribution in [0.1, 0.15) is 31.8 Å². The highest BCUT2D eigenvalue weighted by molar-refractivity contribution is 6.01. The molecular weight excluding hydrogens is 416 g/mol. The number of nitrogens with two attached hydrogens (primary N) is 1. The summed E-state index contributed by atoms with van der Waals surface area (Å²) in [6.45, 7) is 2.13. The number of ether oxygens (including phenoxy) is 1. The molecule has 0 unspecified atom stereocenters. The summed E-state index contributed by atoms with van der Waals surface area (Å²) in [5.74, 6) is -2.60. The fourth-order valence-corrected chi connectivity index (χ4v) is 4.40. The molecule has 2 aromatic carbocycles. The molecule has 1 aliphatic heterocycles. The Morgan fingerprint density at radius 2 is 1.62 bits per heavy atom. The average Bonchev–Trinajstić information content (AvgIpc) is 3.15. The fourth-order valence-electron chi connectivity index (χ4n) is 4.40. The Hall–Kier alpha value is -3.65. The van der Waals surface area contributed by atoms with Crippen LogP contribution in [-0.2, 0) is 11.2 Å². The predicted octanol–water partition coefficient (Wildman–Crippen LogP) is 3.17. The minimum Gasteiger partial charge on any atom is -0.378 e.